The third-order valence-corrected chi connectivity index (χ3v) is 2.22. The summed E-state index contributed by atoms with van der Waals surface area (Å²) in [5.41, 5.74) is 6.32. The summed E-state index contributed by atoms with van der Waals surface area (Å²) in [6, 6.07) is 6.08. The molecule has 1 atom stereocenters. The van der Waals surface area contributed by atoms with E-state index in [1.165, 1.54) is 16.8 Å². The van der Waals surface area contributed by atoms with E-state index in [1.807, 2.05) is 6.92 Å². The normalized spacial score (nSPS) is 12.7. The van der Waals surface area contributed by atoms with Crippen LogP contribution in [0.1, 0.15) is 18.5 Å². The standard InChI is InChI=1S/C9H10FN5/c1-6(15-9(11)12-13-14-15)7-3-2-4-8(10)5-7/h2-6H,1H3,(H2,11,12,14). The van der Waals surface area contributed by atoms with Gasteiger partial charge in [-0.25, -0.2) is 9.07 Å². The third kappa shape index (κ3) is 1.78. The maximum absolute atomic E-state index is 13.0. The fourth-order valence-electron chi connectivity index (χ4n) is 1.38. The van der Waals surface area contributed by atoms with E-state index in [9.17, 15) is 4.39 Å². The number of tetrazole rings is 1. The van der Waals surface area contributed by atoms with Crippen molar-refractivity contribution in [3.8, 4) is 0 Å². The molecule has 0 saturated heterocycles. The van der Waals surface area contributed by atoms with Crippen molar-refractivity contribution in [2.24, 2.45) is 0 Å². The van der Waals surface area contributed by atoms with Crippen molar-refractivity contribution in [3.63, 3.8) is 0 Å². The number of anilines is 1. The van der Waals surface area contributed by atoms with Gasteiger partial charge in [0.25, 0.3) is 0 Å². The van der Waals surface area contributed by atoms with E-state index in [0.717, 1.165) is 5.56 Å². The SMILES string of the molecule is CC(c1cccc(F)c1)n1nnnc1N. The smallest absolute Gasteiger partial charge is 0.240 e. The van der Waals surface area contributed by atoms with E-state index in [4.69, 9.17) is 5.73 Å². The van der Waals surface area contributed by atoms with E-state index in [0.29, 0.717) is 0 Å². The second-order valence-electron chi connectivity index (χ2n) is 3.21. The maximum atomic E-state index is 13.0. The van der Waals surface area contributed by atoms with Gasteiger partial charge in [0.15, 0.2) is 0 Å². The van der Waals surface area contributed by atoms with Gasteiger partial charge in [-0.05, 0) is 35.0 Å². The molecule has 1 aromatic carbocycles. The quantitative estimate of drug-likeness (QED) is 0.797. The molecule has 6 heteroatoms. The molecule has 0 saturated carbocycles. The fraction of sp³-hybridized carbons (Fsp3) is 0.222. The largest absolute Gasteiger partial charge is 0.367 e. The van der Waals surface area contributed by atoms with Gasteiger partial charge >= 0.3 is 0 Å². The van der Waals surface area contributed by atoms with Crippen molar-refractivity contribution in [2.45, 2.75) is 13.0 Å². The van der Waals surface area contributed by atoms with Crippen molar-refractivity contribution in [1.82, 2.24) is 20.2 Å². The Labute approximate surface area is 85.7 Å². The van der Waals surface area contributed by atoms with Gasteiger partial charge in [0, 0.05) is 0 Å². The van der Waals surface area contributed by atoms with Gasteiger partial charge < -0.3 is 5.73 Å². The topological polar surface area (TPSA) is 69.6 Å². The van der Waals surface area contributed by atoms with Crippen LogP contribution in [0, 0.1) is 5.82 Å². The van der Waals surface area contributed by atoms with Crippen LogP contribution in [0.2, 0.25) is 0 Å². The zero-order valence-electron chi connectivity index (χ0n) is 8.13. The van der Waals surface area contributed by atoms with Crippen LogP contribution in [0.15, 0.2) is 24.3 Å². The Morgan fingerprint density at radius 3 is 2.87 bits per heavy atom. The summed E-state index contributed by atoms with van der Waals surface area (Å²) >= 11 is 0. The van der Waals surface area contributed by atoms with Gasteiger partial charge in [0.05, 0.1) is 6.04 Å². The van der Waals surface area contributed by atoms with Crippen LogP contribution in [0.4, 0.5) is 10.3 Å². The Hall–Kier alpha value is -1.98. The fourth-order valence-corrected chi connectivity index (χ4v) is 1.38. The summed E-state index contributed by atoms with van der Waals surface area (Å²) in [4.78, 5) is 0. The van der Waals surface area contributed by atoms with E-state index in [1.54, 1.807) is 12.1 Å². The van der Waals surface area contributed by atoms with Crippen LogP contribution < -0.4 is 5.73 Å². The molecule has 5 nitrogen and oxygen atoms in total. The van der Waals surface area contributed by atoms with Crippen LogP contribution in [-0.4, -0.2) is 20.2 Å². The van der Waals surface area contributed by atoms with Crippen molar-refractivity contribution in [2.75, 3.05) is 5.73 Å². The molecular weight excluding hydrogens is 197 g/mol. The van der Waals surface area contributed by atoms with Gasteiger partial charge in [-0.1, -0.05) is 17.2 Å². The van der Waals surface area contributed by atoms with Gasteiger partial charge in [-0.2, -0.15) is 0 Å². The summed E-state index contributed by atoms with van der Waals surface area (Å²) in [6.45, 7) is 1.85. The number of hydrogen-bond acceptors (Lipinski definition) is 4. The minimum Gasteiger partial charge on any atom is -0.367 e. The van der Waals surface area contributed by atoms with Crippen LogP contribution in [0.3, 0.4) is 0 Å². The average Bonchev–Trinajstić information content (AvgIpc) is 2.63. The van der Waals surface area contributed by atoms with E-state index >= 15 is 0 Å². The molecule has 2 rings (SSSR count). The summed E-state index contributed by atoms with van der Waals surface area (Å²) in [5.74, 6) is -0.0715. The number of rotatable bonds is 2. The minimum atomic E-state index is -0.286. The first kappa shape index (κ1) is 9.57. The molecule has 0 aliphatic carbocycles. The first-order valence-electron chi connectivity index (χ1n) is 4.47. The lowest BCUT2D eigenvalue weighted by molar-refractivity contribution is 0.544. The molecule has 1 heterocycles. The predicted octanol–water partition coefficient (Wildman–Crippen LogP) is 1.00. The first-order valence-corrected chi connectivity index (χ1v) is 4.47. The first-order chi connectivity index (χ1) is 7.18. The van der Waals surface area contributed by atoms with Crippen molar-refractivity contribution in [3.05, 3.63) is 35.6 Å². The number of nitrogen functional groups attached to an aromatic ring is 1. The molecule has 0 aliphatic rings. The Balaban J connectivity index is 2.36. The van der Waals surface area contributed by atoms with E-state index in [2.05, 4.69) is 15.5 Å². The van der Waals surface area contributed by atoms with Gasteiger partial charge in [0.1, 0.15) is 5.82 Å². The number of aromatic nitrogens is 4. The second kappa shape index (κ2) is 3.64. The van der Waals surface area contributed by atoms with Gasteiger partial charge in [0.2, 0.25) is 5.95 Å². The number of hydrogen-bond donors (Lipinski definition) is 1. The molecule has 15 heavy (non-hydrogen) atoms. The summed E-state index contributed by atoms with van der Waals surface area (Å²) in [6.07, 6.45) is 0. The number of halogens is 1. The summed E-state index contributed by atoms with van der Waals surface area (Å²) in [7, 11) is 0. The molecule has 0 radical (unpaired) electrons. The second-order valence-corrected chi connectivity index (χ2v) is 3.21. The lowest BCUT2D eigenvalue weighted by Crippen LogP contribution is -2.12. The summed E-state index contributed by atoms with van der Waals surface area (Å²) in [5, 5.41) is 10.7. The van der Waals surface area contributed by atoms with Crippen molar-refractivity contribution in [1.29, 1.82) is 0 Å². The monoisotopic (exact) mass is 207 g/mol. The Morgan fingerprint density at radius 2 is 2.27 bits per heavy atom. The van der Waals surface area contributed by atoms with Crippen LogP contribution in [-0.2, 0) is 0 Å². The maximum Gasteiger partial charge on any atom is 0.240 e. The Kier molecular flexibility index (Phi) is 2.32. The van der Waals surface area contributed by atoms with E-state index < -0.39 is 0 Å². The molecule has 2 N–H and O–H groups in total. The molecule has 2 aromatic rings. The highest BCUT2D eigenvalue weighted by molar-refractivity contribution is 5.23. The molecule has 1 aromatic heterocycles. The Bertz CT molecular complexity index is 467. The molecule has 0 fully saturated rings. The van der Waals surface area contributed by atoms with Crippen LogP contribution in [0.5, 0.6) is 0 Å². The molecule has 0 bridgehead atoms. The molecule has 0 spiro atoms. The zero-order chi connectivity index (χ0) is 10.8. The number of benzene rings is 1. The Morgan fingerprint density at radius 1 is 1.47 bits per heavy atom. The number of nitrogens with two attached hydrogens (primary N) is 1. The zero-order valence-corrected chi connectivity index (χ0v) is 8.13. The lowest BCUT2D eigenvalue weighted by atomic mass is 10.1. The van der Waals surface area contributed by atoms with Gasteiger partial charge in [-0.3, -0.25) is 0 Å². The highest BCUT2D eigenvalue weighted by atomic mass is 19.1. The minimum absolute atomic E-state index is 0.185. The van der Waals surface area contributed by atoms with Gasteiger partial charge in [-0.15, -0.1) is 0 Å². The average molecular weight is 207 g/mol. The van der Waals surface area contributed by atoms with Crippen molar-refractivity contribution < 1.29 is 4.39 Å². The molecule has 78 valence electrons. The highest BCUT2D eigenvalue weighted by Gasteiger charge is 2.12. The molecule has 0 amide bonds. The summed E-state index contributed by atoms with van der Waals surface area (Å²) < 4.78 is 14.4. The van der Waals surface area contributed by atoms with Crippen molar-refractivity contribution >= 4 is 5.95 Å². The third-order valence-electron chi connectivity index (χ3n) is 2.22. The highest BCUT2D eigenvalue weighted by Crippen LogP contribution is 2.18. The number of nitrogens with zero attached hydrogens (tertiary/aromatic N) is 4. The molecule has 0 aliphatic heterocycles. The molecule has 1 unspecified atom stereocenters. The lowest BCUT2D eigenvalue weighted by Gasteiger charge is -2.11. The van der Waals surface area contributed by atoms with E-state index in [-0.39, 0.29) is 17.8 Å². The van der Waals surface area contributed by atoms with Crippen LogP contribution in [0.25, 0.3) is 0 Å². The predicted molar refractivity (Wildman–Crippen MR) is 52.4 cm³/mol. The molecular formula is C9H10FN5. The van der Waals surface area contributed by atoms with Crippen LogP contribution >= 0.6 is 0 Å².